The highest BCUT2D eigenvalue weighted by Gasteiger charge is 2.58. The van der Waals surface area contributed by atoms with Crippen molar-refractivity contribution in [2.45, 2.75) is 31.5 Å². The first-order chi connectivity index (χ1) is 7.72. The van der Waals surface area contributed by atoms with Gasteiger partial charge in [-0.25, -0.2) is 4.98 Å². The van der Waals surface area contributed by atoms with E-state index in [0.29, 0.717) is 0 Å². The van der Waals surface area contributed by atoms with E-state index < -0.39 is 29.8 Å². The largest absolute Gasteiger partial charge is 0.424 e. The number of nitrogens with zero attached hydrogens (tertiary/aromatic N) is 2. The van der Waals surface area contributed by atoms with Gasteiger partial charge < -0.3 is 9.67 Å². The van der Waals surface area contributed by atoms with Crippen LogP contribution in [0.1, 0.15) is 25.6 Å². The Morgan fingerprint density at radius 3 is 2.47 bits per heavy atom. The maximum absolute atomic E-state index is 12.9. The zero-order valence-corrected chi connectivity index (χ0v) is 9.45. The Morgan fingerprint density at radius 1 is 1.53 bits per heavy atom. The molecule has 0 saturated carbocycles. The van der Waals surface area contributed by atoms with Crippen molar-refractivity contribution >= 4 is 5.78 Å². The van der Waals surface area contributed by atoms with Gasteiger partial charge in [0, 0.05) is 25.9 Å². The van der Waals surface area contributed by atoms with Crippen LogP contribution >= 0.6 is 0 Å². The molecule has 0 aromatic carbocycles. The quantitative estimate of drug-likeness (QED) is 0.881. The van der Waals surface area contributed by atoms with Gasteiger partial charge in [-0.05, 0) is 0 Å². The summed E-state index contributed by atoms with van der Waals surface area (Å²) < 4.78 is 39.7. The van der Waals surface area contributed by atoms with Crippen molar-refractivity contribution < 1.29 is 23.1 Å². The van der Waals surface area contributed by atoms with Crippen molar-refractivity contribution in [1.29, 1.82) is 0 Å². The van der Waals surface area contributed by atoms with Crippen molar-refractivity contribution in [1.82, 2.24) is 9.55 Å². The maximum Gasteiger partial charge on any atom is 0.424 e. The number of hydrogen-bond acceptors (Lipinski definition) is 3. The summed E-state index contributed by atoms with van der Waals surface area (Å²) in [6, 6.07) is 0. The number of halogens is 3. The summed E-state index contributed by atoms with van der Waals surface area (Å²) in [5, 5.41) is 9.76. The Bertz CT molecular complexity index is 414. The van der Waals surface area contributed by atoms with E-state index in [-0.39, 0.29) is 6.42 Å². The van der Waals surface area contributed by atoms with Crippen LogP contribution in [0.5, 0.6) is 0 Å². The molecule has 0 radical (unpaired) electrons. The fourth-order valence-electron chi connectivity index (χ4n) is 1.48. The molecule has 1 atom stereocenters. The molecule has 1 N–H and O–H groups in total. The highest BCUT2D eigenvalue weighted by Crippen LogP contribution is 2.40. The van der Waals surface area contributed by atoms with Crippen LogP contribution in [-0.2, 0) is 17.4 Å². The number of hydrogen-bond donors (Lipinski definition) is 1. The van der Waals surface area contributed by atoms with E-state index in [1.54, 1.807) is 0 Å². The number of alkyl halides is 3. The summed E-state index contributed by atoms with van der Waals surface area (Å²) in [5.74, 6) is -1.25. The summed E-state index contributed by atoms with van der Waals surface area (Å²) >= 11 is 0. The second-order valence-electron chi connectivity index (χ2n) is 3.79. The summed E-state index contributed by atoms with van der Waals surface area (Å²) in [7, 11) is 1.33. The van der Waals surface area contributed by atoms with E-state index in [9.17, 15) is 23.1 Å². The SMILES string of the molecule is CCC(=O)C[C@@](O)(c1nccn1C)C(F)(F)F. The number of rotatable bonds is 4. The van der Waals surface area contributed by atoms with E-state index in [1.165, 1.54) is 20.2 Å². The van der Waals surface area contributed by atoms with E-state index in [0.717, 1.165) is 10.8 Å². The molecule has 0 unspecified atom stereocenters. The molecule has 0 aliphatic rings. The van der Waals surface area contributed by atoms with E-state index in [4.69, 9.17) is 0 Å². The predicted molar refractivity (Wildman–Crippen MR) is 53.1 cm³/mol. The van der Waals surface area contributed by atoms with Crippen LogP contribution in [0.4, 0.5) is 13.2 Å². The molecule has 7 heteroatoms. The van der Waals surface area contributed by atoms with Gasteiger partial charge in [0.2, 0.25) is 5.60 Å². The second kappa shape index (κ2) is 4.48. The molecule has 1 aromatic heterocycles. The normalized spacial score (nSPS) is 15.6. The van der Waals surface area contributed by atoms with E-state index in [2.05, 4.69) is 4.98 Å². The molecular weight excluding hydrogens is 237 g/mol. The number of Topliss-reactive ketones (excluding diaryl/α,β-unsaturated/α-hetero) is 1. The van der Waals surface area contributed by atoms with Crippen LogP contribution in [0.25, 0.3) is 0 Å². The average molecular weight is 250 g/mol. The van der Waals surface area contributed by atoms with Crippen LogP contribution in [-0.4, -0.2) is 26.6 Å². The van der Waals surface area contributed by atoms with Crippen molar-refractivity contribution in [3.05, 3.63) is 18.2 Å². The fourth-order valence-corrected chi connectivity index (χ4v) is 1.48. The lowest BCUT2D eigenvalue weighted by Crippen LogP contribution is -2.45. The minimum absolute atomic E-state index is 0.0667. The number of carbonyl (C=O) groups is 1. The van der Waals surface area contributed by atoms with Gasteiger partial charge in [-0.15, -0.1) is 0 Å². The van der Waals surface area contributed by atoms with Crippen molar-refractivity contribution in [2.24, 2.45) is 7.05 Å². The van der Waals surface area contributed by atoms with Crippen LogP contribution in [0.2, 0.25) is 0 Å². The molecule has 0 spiro atoms. The van der Waals surface area contributed by atoms with Gasteiger partial charge in [0.25, 0.3) is 0 Å². The van der Waals surface area contributed by atoms with Crippen molar-refractivity contribution in [2.75, 3.05) is 0 Å². The van der Waals surface area contributed by atoms with Crippen molar-refractivity contribution in [3.8, 4) is 0 Å². The first kappa shape index (κ1) is 13.7. The Hall–Kier alpha value is -1.37. The minimum Gasteiger partial charge on any atom is -0.374 e. The molecule has 0 bridgehead atoms. The highest BCUT2D eigenvalue weighted by molar-refractivity contribution is 5.79. The molecule has 4 nitrogen and oxygen atoms in total. The molecule has 0 amide bonds. The molecule has 0 fully saturated rings. The lowest BCUT2D eigenvalue weighted by molar-refractivity contribution is -0.270. The smallest absolute Gasteiger partial charge is 0.374 e. The van der Waals surface area contributed by atoms with Crippen LogP contribution in [0.15, 0.2) is 12.4 Å². The number of carbonyl (C=O) groups excluding carboxylic acids is 1. The van der Waals surface area contributed by atoms with Gasteiger partial charge in [-0.1, -0.05) is 6.92 Å². The van der Waals surface area contributed by atoms with Gasteiger partial charge in [-0.2, -0.15) is 13.2 Å². The number of aromatic nitrogens is 2. The third kappa shape index (κ3) is 2.49. The lowest BCUT2D eigenvalue weighted by Gasteiger charge is -2.29. The first-order valence-corrected chi connectivity index (χ1v) is 5.01. The monoisotopic (exact) mass is 250 g/mol. The molecular formula is C10H13F3N2O2. The molecule has 1 rings (SSSR count). The number of aliphatic hydroxyl groups is 1. The third-order valence-corrected chi connectivity index (χ3v) is 2.51. The maximum atomic E-state index is 12.9. The minimum atomic E-state index is -4.95. The number of imidazole rings is 1. The zero-order chi connectivity index (χ0) is 13.3. The van der Waals surface area contributed by atoms with Crippen LogP contribution < -0.4 is 0 Å². The Morgan fingerprint density at radius 2 is 2.12 bits per heavy atom. The average Bonchev–Trinajstić information content (AvgIpc) is 2.62. The lowest BCUT2D eigenvalue weighted by atomic mass is 9.94. The van der Waals surface area contributed by atoms with Gasteiger partial charge in [0.1, 0.15) is 5.78 Å². The summed E-state index contributed by atoms with van der Waals surface area (Å²) in [6.07, 6.45) is -3.61. The molecule has 17 heavy (non-hydrogen) atoms. The van der Waals surface area contributed by atoms with Gasteiger partial charge in [0.15, 0.2) is 5.82 Å². The molecule has 0 aliphatic heterocycles. The molecule has 96 valence electrons. The van der Waals surface area contributed by atoms with Crippen LogP contribution in [0.3, 0.4) is 0 Å². The van der Waals surface area contributed by atoms with E-state index in [1.807, 2.05) is 0 Å². The molecule has 1 aromatic rings. The number of ketones is 1. The van der Waals surface area contributed by atoms with E-state index >= 15 is 0 Å². The third-order valence-electron chi connectivity index (χ3n) is 2.51. The predicted octanol–water partition coefficient (Wildman–Crippen LogP) is 1.54. The second-order valence-corrected chi connectivity index (χ2v) is 3.79. The van der Waals surface area contributed by atoms with Gasteiger partial charge in [-0.3, -0.25) is 4.79 Å². The van der Waals surface area contributed by atoms with Crippen molar-refractivity contribution in [3.63, 3.8) is 0 Å². The van der Waals surface area contributed by atoms with Gasteiger partial charge >= 0.3 is 6.18 Å². The standard InChI is InChI=1S/C10H13F3N2O2/c1-3-7(16)6-9(17,10(11,12)13)8-14-4-5-15(8)2/h4-5,17H,3,6H2,1-2H3/t9-/m1/s1. The summed E-state index contributed by atoms with van der Waals surface area (Å²) in [5.41, 5.74) is -3.22. The first-order valence-electron chi connectivity index (χ1n) is 5.01. The summed E-state index contributed by atoms with van der Waals surface area (Å²) in [6.45, 7) is 1.44. The molecule has 0 aliphatic carbocycles. The number of aryl methyl sites for hydroxylation is 1. The molecule has 0 saturated heterocycles. The fraction of sp³-hybridized carbons (Fsp3) is 0.600. The molecule has 1 heterocycles. The topological polar surface area (TPSA) is 55.1 Å². The van der Waals surface area contributed by atoms with Crippen LogP contribution in [0, 0.1) is 0 Å². The Balaban J connectivity index is 3.21. The Kier molecular flexibility index (Phi) is 3.61. The van der Waals surface area contributed by atoms with Gasteiger partial charge in [0.05, 0.1) is 6.42 Å². The zero-order valence-electron chi connectivity index (χ0n) is 9.45. The summed E-state index contributed by atoms with van der Waals surface area (Å²) in [4.78, 5) is 14.7. The highest BCUT2D eigenvalue weighted by atomic mass is 19.4. The Labute approximate surface area is 96.1 Å².